The van der Waals surface area contributed by atoms with Gasteiger partial charge >= 0.3 is 0 Å². The van der Waals surface area contributed by atoms with Crippen LogP contribution in [0.4, 0.5) is 0 Å². The van der Waals surface area contributed by atoms with Crippen molar-refractivity contribution in [3.63, 3.8) is 0 Å². The van der Waals surface area contributed by atoms with E-state index in [1.54, 1.807) is 18.2 Å². The fourth-order valence-corrected chi connectivity index (χ4v) is 4.36. The molecule has 1 aliphatic rings. The highest BCUT2D eigenvalue weighted by atomic mass is 35.5. The number of piperidine rings is 1. The van der Waals surface area contributed by atoms with Gasteiger partial charge < -0.3 is 15.4 Å². The molecule has 28 heavy (non-hydrogen) atoms. The van der Waals surface area contributed by atoms with Gasteiger partial charge in [0.1, 0.15) is 0 Å². The third-order valence-electron chi connectivity index (χ3n) is 4.94. The van der Waals surface area contributed by atoms with Gasteiger partial charge in [0.05, 0.1) is 11.5 Å². The van der Waals surface area contributed by atoms with E-state index < -0.39 is 10.0 Å². The molecular weight excluding hydrogens is 402 g/mol. The van der Waals surface area contributed by atoms with E-state index in [0.29, 0.717) is 31.4 Å². The summed E-state index contributed by atoms with van der Waals surface area (Å²) in [6.45, 7) is 5.00. The van der Waals surface area contributed by atoms with Crippen molar-refractivity contribution in [2.24, 2.45) is 11.8 Å². The molecule has 2 rings (SSSR count). The van der Waals surface area contributed by atoms with E-state index >= 15 is 0 Å². The average molecular weight is 434 g/mol. The fourth-order valence-electron chi connectivity index (χ4n) is 3.28. The number of halogens is 1. The molecule has 1 heterocycles. The Morgan fingerprint density at radius 3 is 2.86 bits per heavy atom. The van der Waals surface area contributed by atoms with Gasteiger partial charge in [0.15, 0.2) is 0 Å². The monoisotopic (exact) mass is 433 g/mol. The molecule has 160 valence electrons. The topological polar surface area (TPSA) is 96.5 Å². The number of ether oxygens (including phenoxy) is 1. The number of methoxy groups -OCH3 is 1. The summed E-state index contributed by atoms with van der Waals surface area (Å²) < 4.78 is 31.9. The second kappa shape index (κ2) is 12.4. The molecule has 0 bridgehead atoms. The Bertz CT molecular complexity index is 709. The molecule has 1 aromatic rings. The lowest BCUT2D eigenvalue weighted by atomic mass is 9.85. The summed E-state index contributed by atoms with van der Waals surface area (Å²) >= 11 is 0. The molecule has 0 aromatic heterocycles. The largest absolute Gasteiger partial charge is 0.383 e. The number of carbonyl (C=O) groups excluding carboxylic acids is 1. The summed E-state index contributed by atoms with van der Waals surface area (Å²) in [6, 6.07) is 6.62. The summed E-state index contributed by atoms with van der Waals surface area (Å²) in [5, 5.41) is 6.29. The Morgan fingerprint density at radius 1 is 1.39 bits per heavy atom. The first-order chi connectivity index (χ1) is 12.9. The second-order valence-electron chi connectivity index (χ2n) is 7.10. The minimum Gasteiger partial charge on any atom is -0.383 e. The van der Waals surface area contributed by atoms with Crippen molar-refractivity contribution < 1.29 is 17.9 Å². The molecule has 2 atom stereocenters. The van der Waals surface area contributed by atoms with Crippen LogP contribution >= 0.6 is 12.4 Å². The van der Waals surface area contributed by atoms with Crippen molar-refractivity contribution in [1.82, 2.24) is 15.4 Å². The van der Waals surface area contributed by atoms with Gasteiger partial charge in [-0.15, -0.1) is 12.4 Å². The summed E-state index contributed by atoms with van der Waals surface area (Å²) in [4.78, 5) is 12.4. The minimum absolute atomic E-state index is 0. The normalized spacial score (nSPS) is 18.1. The van der Waals surface area contributed by atoms with Crippen molar-refractivity contribution in [1.29, 1.82) is 0 Å². The van der Waals surface area contributed by atoms with Crippen LogP contribution in [-0.2, 0) is 26.1 Å². The van der Waals surface area contributed by atoms with Gasteiger partial charge in [-0.3, -0.25) is 4.79 Å². The Labute approximate surface area is 174 Å². The van der Waals surface area contributed by atoms with E-state index in [2.05, 4.69) is 22.3 Å². The first-order valence-corrected chi connectivity index (χ1v) is 11.0. The SMILES string of the molecule is COCCNS(=O)(=O)c1cccc(CNC(=O)CC(C)C2CCCNC2)c1.Cl. The summed E-state index contributed by atoms with van der Waals surface area (Å²) in [5.41, 5.74) is 0.755. The van der Waals surface area contributed by atoms with Gasteiger partial charge in [-0.2, -0.15) is 0 Å². The predicted molar refractivity (Wildman–Crippen MR) is 112 cm³/mol. The Hall–Kier alpha value is -1.19. The van der Waals surface area contributed by atoms with Gasteiger partial charge in [-0.1, -0.05) is 19.1 Å². The van der Waals surface area contributed by atoms with Crippen LogP contribution in [0.25, 0.3) is 0 Å². The molecule has 3 N–H and O–H groups in total. The van der Waals surface area contributed by atoms with Gasteiger partial charge in [0.25, 0.3) is 0 Å². The van der Waals surface area contributed by atoms with Crippen molar-refractivity contribution in [3.8, 4) is 0 Å². The number of carbonyl (C=O) groups is 1. The average Bonchev–Trinajstić information content (AvgIpc) is 2.67. The van der Waals surface area contributed by atoms with E-state index in [1.165, 1.54) is 7.11 Å². The summed E-state index contributed by atoms with van der Waals surface area (Å²) in [6.07, 6.45) is 2.82. The van der Waals surface area contributed by atoms with Crippen molar-refractivity contribution in [3.05, 3.63) is 29.8 Å². The van der Waals surface area contributed by atoms with E-state index in [-0.39, 0.29) is 29.8 Å². The molecule has 2 unspecified atom stereocenters. The van der Waals surface area contributed by atoms with Crippen LogP contribution < -0.4 is 15.4 Å². The molecule has 1 aliphatic heterocycles. The van der Waals surface area contributed by atoms with E-state index in [4.69, 9.17) is 4.74 Å². The lowest BCUT2D eigenvalue weighted by Gasteiger charge is -2.28. The van der Waals surface area contributed by atoms with Gasteiger partial charge in [-0.05, 0) is 55.5 Å². The van der Waals surface area contributed by atoms with Gasteiger partial charge in [0, 0.05) is 26.6 Å². The zero-order chi connectivity index (χ0) is 19.7. The highest BCUT2D eigenvalue weighted by Gasteiger charge is 2.22. The van der Waals surface area contributed by atoms with Crippen LogP contribution in [0.1, 0.15) is 31.7 Å². The van der Waals surface area contributed by atoms with Crippen LogP contribution in [0.2, 0.25) is 0 Å². The van der Waals surface area contributed by atoms with Crippen LogP contribution in [0.15, 0.2) is 29.2 Å². The summed E-state index contributed by atoms with van der Waals surface area (Å²) in [5.74, 6) is 0.866. The third-order valence-corrected chi connectivity index (χ3v) is 6.40. The molecule has 1 saturated heterocycles. The number of rotatable bonds is 10. The van der Waals surface area contributed by atoms with Crippen LogP contribution in [0, 0.1) is 11.8 Å². The van der Waals surface area contributed by atoms with Gasteiger partial charge in [0.2, 0.25) is 15.9 Å². The zero-order valence-corrected chi connectivity index (χ0v) is 18.2. The quantitative estimate of drug-likeness (QED) is 0.488. The van der Waals surface area contributed by atoms with E-state index in [1.807, 2.05) is 6.07 Å². The lowest BCUT2D eigenvalue weighted by Crippen LogP contribution is -2.35. The van der Waals surface area contributed by atoms with E-state index in [9.17, 15) is 13.2 Å². The fraction of sp³-hybridized carbons (Fsp3) is 0.632. The molecule has 0 saturated carbocycles. The Balaban J connectivity index is 0.00000392. The Kier molecular flexibility index (Phi) is 11.0. The number of benzene rings is 1. The lowest BCUT2D eigenvalue weighted by molar-refractivity contribution is -0.122. The van der Waals surface area contributed by atoms with Crippen molar-refractivity contribution in [2.45, 2.75) is 37.6 Å². The maximum absolute atomic E-state index is 12.3. The smallest absolute Gasteiger partial charge is 0.240 e. The maximum atomic E-state index is 12.3. The van der Waals surface area contributed by atoms with Gasteiger partial charge in [-0.25, -0.2) is 13.1 Å². The molecule has 1 fully saturated rings. The number of sulfonamides is 1. The molecule has 0 aliphatic carbocycles. The van der Waals surface area contributed by atoms with E-state index in [0.717, 1.165) is 31.5 Å². The predicted octanol–water partition coefficient (Wildman–Crippen LogP) is 1.68. The van der Waals surface area contributed by atoms with Crippen molar-refractivity contribution in [2.75, 3.05) is 33.4 Å². The first kappa shape index (κ1) is 24.8. The molecule has 7 nitrogen and oxygen atoms in total. The first-order valence-electron chi connectivity index (χ1n) is 9.47. The molecule has 1 amide bonds. The maximum Gasteiger partial charge on any atom is 0.240 e. The van der Waals surface area contributed by atoms with Crippen LogP contribution in [0.3, 0.4) is 0 Å². The number of amides is 1. The molecule has 0 spiro atoms. The highest BCUT2D eigenvalue weighted by molar-refractivity contribution is 7.89. The standard InChI is InChI=1S/C19H31N3O4S.ClH/c1-15(17-6-4-8-20-14-17)11-19(23)21-13-16-5-3-7-18(12-16)27(24,25)22-9-10-26-2;/h3,5,7,12,15,17,20,22H,4,6,8-11,13-14H2,1-2H3,(H,21,23);1H. The van der Waals surface area contributed by atoms with Crippen LogP contribution in [-0.4, -0.2) is 47.7 Å². The molecule has 0 radical (unpaired) electrons. The summed E-state index contributed by atoms with van der Waals surface area (Å²) in [7, 11) is -2.06. The van der Waals surface area contributed by atoms with Crippen molar-refractivity contribution >= 4 is 28.3 Å². The number of hydrogen-bond donors (Lipinski definition) is 3. The second-order valence-corrected chi connectivity index (χ2v) is 8.87. The number of nitrogens with one attached hydrogen (secondary N) is 3. The molecule has 9 heteroatoms. The molecule has 1 aromatic carbocycles. The number of hydrogen-bond acceptors (Lipinski definition) is 5. The minimum atomic E-state index is -3.58. The molecular formula is C19H32ClN3O4S. The third kappa shape index (κ3) is 8.05. The Morgan fingerprint density at radius 2 is 2.18 bits per heavy atom. The van der Waals surface area contributed by atoms with Crippen LogP contribution in [0.5, 0.6) is 0 Å². The highest BCUT2D eigenvalue weighted by Crippen LogP contribution is 2.22. The zero-order valence-electron chi connectivity index (χ0n) is 16.6.